The highest BCUT2D eigenvalue weighted by molar-refractivity contribution is 14.1. The van der Waals surface area contributed by atoms with E-state index in [4.69, 9.17) is 4.43 Å². The zero-order valence-electron chi connectivity index (χ0n) is 9.40. The smallest absolute Gasteiger partial charge is 0.171 e. The van der Waals surface area contributed by atoms with Gasteiger partial charge in [0, 0.05) is 0 Å². The third kappa shape index (κ3) is 9.22. The predicted molar refractivity (Wildman–Crippen MR) is 71.4 cm³/mol. The summed E-state index contributed by atoms with van der Waals surface area (Å²) in [5.74, 6) is 0. The highest BCUT2D eigenvalue weighted by Gasteiger charge is 2.18. The van der Waals surface area contributed by atoms with E-state index in [1.807, 2.05) is 0 Å². The lowest BCUT2D eigenvalue weighted by molar-refractivity contribution is 0.0964. The summed E-state index contributed by atoms with van der Waals surface area (Å²) in [5, 5.41) is 0. The van der Waals surface area contributed by atoms with E-state index in [0.717, 1.165) is 0 Å². The minimum Gasteiger partial charge on any atom is -0.416 e. The van der Waals surface area contributed by atoms with Crippen LogP contribution >= 0.6 is 22.6 Å². The van der Waals surface area contributed by atoms with Gasteiger partial charge in [-0.25, -0.2) is 0 Å². The van der Waals surface area contributed by atoms with Gasteiger partial charge in [-0.2, -0.15) is 0 Å². The highest BCUT2D eigenvalue weighted by atomic mass is 127. The number of alkyl halides is 1. The van der Waals surface area contributed by atoms with E-state index < -0.39 is 9.04 Å². The Morgan fingerprint density at radius 3 is 2.23 bits per heavy atom. The molecule has 13 heavy (non-hydrogen) atoms. The first-order valence-corrected chi connectivity index (χ1v) is 9.52. The second kappa shape index (κ2) is 7.23. The zero-order valence-corrected chi connectivity index (χ0v) is 12.7. The maximum atomic E-state index is 5.95. The molecule has 0 aromatic carbocycles. The van der Waals surface area contributed by atoms with Gasteiger partial charge in [-0.1, -0.05) is 35.4 Å². The highest BCUT2D eigenvalue weighted by Crippen LogP contribution is 2.19. The fourth-order valence-electron chi connectivity index (χ4n) is 1.52. The molecule has 0 aliphatic carbocycles. The number of unbranched alkanes of at least 4 members (excludes halogenated alkanes) is 2. The molecule has 0 aliphatic heterocycles. The van der Waals surface area contributed by atoms with Gasteiger partial charge in [0.05, 0.1) is 5.60 Å². The van der Waals surface area contributed by atoms with Crippen LogP contribution in [0, 0.1) is 0 Å². The van der Waals surface area contributed by atoms with E-state index in [-0.39, 0.29) is 5.60 Å². The third-order valence-electron chi connectivity index (χ3n) is 1.97. The topological polar surface area (TPSA) is 9.23 Å². The van der Waals surface area contributed by atoms with Crippen molar-refractivity contribution in [2.45, 2.75) is 58.2 Å². The second-order valence-electron chi connectivity index (χ2n) is 4.43. The average Bonchev–Trinajstić information content (AvgIpc) is 1.95. The van der Waals surface area contributed by atoms with Crippen LogP contribution in [0.4, 0.5) is 0 Å². The van der Waals surface area contributed by atoms with E-state index in [1.165, 1.54) is 30.1 Å². The molecule has 1 nitrogen and oxygen atoms in total. The molecule has 0 atom stereocenters. The first kappa shape index (κ1) is 13.9. The molecule has 0 N–H and O–H groups in total. The van der Waals surface area contributed by atoms with Crippen LogP contribution in [-0.4, -0.2) is 19.1 Å². The normalized spacial score (nSPS) is 12.5. The van der Waals surface area contributed by atoms with Gasteiger partial charge in [-0.3, -0.25) is 0 Å². The van der Waals surface area contributed by atoms with E-state index in [0.29, 0.717) is 0 Å². The lowest BCUT2D eigenvalue weighted by atomic mass is 10.0. The van der Waals surface area contributed by atoms with Gasteiger partial charge in [0.1, 0.15) is 0 Å². The molecule has 0 unspecified atom stereocenters. The summed E-state index contributed by atoms with van der Waals surface area (Å²) in [4.78, 5) is 0. The number of hydrogen-bond donors (Lipinski definition) is 0. The van der Waals surface area contributed by atoms with Gasteiger partial charge in [-0.05, 0) is 44.2 Å². The van der Waals surface area contributed by atoms with Crippen molar-refractivity contribution < 1.29 is 4.43 Å². The summed E-state index contributed by atoms with van der Waals surface area (Å²) < 4.78 is 7.24. The Morgan fingerprint density at radius 1 is 1.15 bits per heavy atom. The molecule has 0 saturated heterocycles. The average molecular weight is 314 g/mol. The van der Waals surface area contributed by atoms with Gasteiger partial charge < -0.3 is 4.43 Å². The molecule has 0 amide bonds. The van der Waals surface area contributed by atoms with E-state index in [2.05, 4.69) is 49.5 Å². The van der Waals surface area contributed by atoms with Crippen LogP contribution in [0.3, 0.4) is 0 Å². The molecule has 0 spiro atoms. The van der Waals surface area contributed by atoms with Crippen molar-refractivity contribution in [1.82, 2.24) is 0 Å². The Hall–Kier alpha value is 0.907. The number of hydrogen-bond acceptors (Lipinski definition) is 1. The Kier molecular flexibility index (Phi) is 7.74. The van der Waals surface area contributed by atoms with Gasteiger partial charge in [0.2, 0.25) is 0 Å². The van der Waals surface area contributed by atoms with Crippen molar-refractivity contribution in [2.75, 3.05) is 4.43 Å². The van der Waals surface area contributed by atoms with Crippen LogP contribution in [0.15, 0.2) is 0 Å². The van der Waals surface area contributed by atoms with Crippen LogP contribution in [0.2, 0.25) is 13.1 Å². The van der Waals surface area contributed by atoms with E-state index >= 15 is 0 Å². The van der Waals surface area contributed by atoms with E-state index in [9.17, 15) is 0 Å². The Balaban J connectivity index is 3.50. The summed E-state index contributed by atoms with van der Waals surface area (Å²) in [7, 11) is -0.856. The molecule has 0 rings (SSSR count). The summed E-state index contributed by atoms with van der Waals surface area (Å²) in [5.41, 5.74) is 0.131. The van der Waals surface area contributed by atoms with Crippen molar-refractivity contribution in [2.24, 2.45) is 0 Å². The van der Waals surface area contributed by atoms with Gasteiger partial charge in [0.25, 0.3) is 0 Å². The largest absolute Gasteiger partial charge is 0.416 e. The van der Waals surface area contributed by atoms with Crippen LogP contribution in [0.1, 0.15) is 39.5 Å². The molecule has 0 aromatic heterocycles. The maximum absolute atomic E-state index is 5.95. The van der Waals surface area contributed by atoms with Crippen molar-refractivity contribution in [3.63, 3.8) is 0 Å². The maximum Gasteiger partial charge on any atom is 0.171 e. The summed E-state index contributed by atoms with van der Waals surface area (Å²) in [6, 6.07) is 0. The molecule has 0 fully saturated rings. The Morgan fingerprint density at radius 2 is 1.77 bits per heavy atom. The summed E-state index contributed by atoms with van der Waals surface area (Å²) >= 11 is 2.44. The van der Waals surface area contributed by atoms with Crippen molar-refractivity contribution >= 4 is 31.6 Å². The van der Waals surface area contributed by atoms with Crippen molar-refractivity contribution in [3.05, 3.63) is 0 Å². The quantitative estimate of drug-likeness (QED) is 0.301. The lowest BCUT2D eigenvalue weighted by Gasteiger charge is -2.28. The van der Waals surface area contributed by atoms with Gasteiger partial charge in [0.15, 0.2) is 9.04 Å². The monoisotopic (exact) mass is 314 g/mol. The molecule has 3 heteroatoms. The SMILES string of the molecule is C[SiH](C)OC(C)(C)CCCCCI. The molecule has 0 radical (unpaired) electrons. The molecule has 0 heterocycles. The van der Waals surface area contributed by atoms with Crippen LogP contribution in [-0.2, 0) is 4.43 Å². The molecular weight excluding hydrogens is 291 g/mol. The zero-order chi connectivity index (χ0) is 10.3. The molecule has 0 bridgehead atoms. The van der Waals surface area contributed by atoms with Crippen molar-refractivity contribution in [1.29, 1.82) is 0 Å². The van der Waals surface area contributed by atoms with Crippen LogP contribution in [0.25, 0.3) is 0 Å². The minimum absolute atomic E-state index is 0.131. The number of halogens is 1. The fourth-order valence-corrected chi connectivity index (χ4v) is 3.45. The Labute approximate surface area is 98.5 Å². The molecule has 80 valence electrons. The third-order valence-corrected chi connectivity index (χ3v) is 3.84. The molecule has 0 aromatic rings. The first-order chi connectivity index (χ1) is 5.98. The molecule has 0 saturated carbocycles. The van der Waals surface area contributed by atoms with Crippen LogP contribution < -0.4 is 0 Å². The van der Waals surface area contributed by atoms with Crippen LogP contribution in [0.5, 0.6) is 0 Å². The van der Waals surface area contributed by atoms with Gasteiger partial charge in [-0.15, -0.1) is 0 Å². The fraction of sp³-hybridized carbons (Fsp3) is 1.00. The first-order valence-electron chi connectivity index (χ1n) is 5.22. The Bertz CT molecular complexity index is 126. The standard InChI is InChI=1S/C10H23IOSi/c1-10(2,12-13(3)4)8-6-5-7-9-11/h13H,5-9H2,1-4H3. The summed E-state index contributed by atoms with van der Waals surface area (Å²) in [6.45, 7) is 8.94. The molecular formula is C10H23IOSi. The number of rotatable bonds is 7. The summed E-state index contributed by atoms with van der Waals surface area (Å²) in [6.07, 6.45) is 5.25. The second-order valence-corrected chi connectivity index (χ2v) is 7.84. The molecule has 0 aliphatic rings. The van der Waals surface area contributed by atoms with Gasteiger partial charge >= 0.3 is 0 Å². The predicted octanol–water partition coefficient (Wildman–Crippen LogP) is 3.76. The lowest BCUT2D eigenvalue weighted by Crippen LogP contribution is -2.29. The van der Waals surface area contributed by atoms with E-state index in [1.54, 1.807) is 0 Å². The van der Waals surface area contributed by atoms with Crippen molar-refractivity contribution in [3.8, 4) is 0 Å². The minimum atomic E-state index is -0.856.